The molecular formula is C17H30Si. The van der Waals surface area contributed by atoms with Gasteiger partial charge in [-0.2, -0.15) is 0 Å². The van der Waals surface area contributed by atoms with Crippen molar-refractivity contribution in [2.75, 3.05) is 0 Å². The fourth-order valence-electron chi connectivity index (χ4n) is 2.53. The summed E-state index contributed by atoms with van der Waals surface area (Å²) in [5, 5.41) is 0. The van der Waals surface area contributed by atoms with Crippen molar-refractivity contribution in [2.45, 2.75) is 70.6 Å². The van der Waals surface area contributed by atoms with E-state index < -0.39 is 8.07 Å². The van der Waals surface area contributed by atoms with Gasteiger partial charge in [0, 0.05) is 0 Å². The van der Waals surface area contributed by atoms with Crippen molar-refractivity contribution < 1.29 is 0 Å². The summed E-state index contributed by atoms with van der Waals surface area (Å²) >= 11 is 0. The maximum Gasteiger partial charge on any atom is 0.0502 e. The first-order chi connectivity index (χ1) is 8.56. The van der Waals surface area contributed by atoms with E-state index in [9.17, 15) is 0 Å². The van der Waals surface area contributed by atoms with Crippen LogP contribution in [0.4, 0.5) is 0 Å². The third-order valence-corrected chi connectivity index (χ3v) is 9.29. The molecule has 1 rings (SSSR count). The topological polar surface area (TPSA) is 0 Å². The Balaban J connectivity index is 2.16. The number of hydrogen-bond donors (Lipinski definition) is 0. The third-order valence-electron chi connectivity index (χ3n) is 4.58. The van der Waals surface area contributed by atoms with Crippen LogP contribution in [0.1, 0.15) is 45.1 Å². The fourth-order valence-corrected chi connectivity index (χ4v) is 5.29. The van der Waals surface area contributed by atoms with Gasteiger partial charge in [0.25, 0.3) is 0 Å². The molecule has 0 aromatic heterocycles. The van der Waals surface area contributed by atoms with Crippen LogP contribution in [-0.2, 0) is 6.42 Å². The third kappa shape index (κ3) is 5.39. The molecule has 1 atom stereocenters. The largest absolute Gasteiger partial charge is 0.0692 e. The van der Waals surface area contributed by atoms with Crippen LogP contribution in [0.2, 0.25) is 24.7 Å². The van der Waals surface area contributed by atoms with E-state index in [0.717, 1.165) is 5.54 Å². The van der Waals surface area contributed by atoms with E-state index >= 15 is 0 Å². The van der Waals surface area contributed by atoms with Gasteiger partial charge in [-0.25, -0.2) is 0 Å². The van der Waals surface area contributed by atoms with Crippen molar-refractivity contribution in [3.8, 4) is 0 Å². The highest BCUT2D eigenvalue weighted by molar-refractivity contribution is 6.78. The smallest absolute Gasteiger partial charge is 0.0502 e. The lowest BCUT2D eigenvalue weighted by Crippen LogP contribution is -2.30. The van der Waals surface area contributed by atoms with E-state index in [1.54, 1.807) is 0 Å². The summed E-state index contributed by atoms with van der Waals surface area (Å²) in [5.74, 6) is 0. The van der Waals surface area contributed by atoms with Gasteiger partial charge in [0.15, 0.2) is 0 Å². The molecular weight excluding hydrogens is 232 g/mol. The molecule has 1 heteroatoms. The Morgan fingerprint density at radius 3 is 2.28 bits per heavy atom. The zero-order chi connectivity index (χ0) is 13.4. The average molecular weight is 263 g/mol. The molecule has 0 heterocycles. The molecule has 0 aliphatic heterocycles. The van der Waals surface area contributed by atoms with Crippen molar-refractivity contribution in [3.63, 3.8) is 0 Å². The first kappa shape index (κ1) is 15.5. The Morgan fingerprint density at radius 2 is 1.67 bits per heavy atom. The molecule has 18 heavy (non-hydrogen) atoms. The van der Waals surface area contributed by atoms with Gasteiger partial charge in [0.2, 0.25) is 0 Å². The maximum atomic E-state index is 2.57. The van der Waals surface area contributed by atoms with E-state index in [1.807, 2.05) is 0 Å². The molecule has 0 saturated heterocycles. The second-order valence-electron chi connectivity index (χ2n) is 6.34. The van der Waals surface area contributed by atoms with E-state index in [1.165, 1.54) is 43.7 Å². The number of hydrogen-bond acceptors (Lipinski definition) is 0. The fraction of sp³-hybridized carbons (Fsp3) is 0.647. The standard InChI is InChI=1S/C17H30Si/c1-5-16(2)18(3,4)15-11-7-10-14-17-12-8-6-9-13-17/h6,8-9,12-13,16H,5,7,10-11,14-15H2,1-4H3. The van der Waals surface area contributed by atoms with Crippen LogP contribution in [0, 0.1) is 0 Å². The van der Waals surface area contributed by atoms with Gasteiger partial charge in [0.1, 0.15) is 0 Å². The van der Waals surface area contributed by atoms with Gasteiger partial charge in [-0.15, -0.1) is 0 Å². The summed E-state index contributed by atoms with van der Waals surface area (Å²) in [7, 11) is -0.936. The Hall–Kier alpha value is -0.563. The highest BCUT2D eigenvalue weighted by Gasteiger charge is 2.25. The molecule has 0 aliphatic rings. The minimum absolute atomic E-state index is 0.936. The zero-order valence-corrected chi connectivity index (χ0v) is 13.7. The van der Waals surface area contributed by atoms with E-state index in [2.05, 4.69) is 57.3 Å². The minimum Gasteiger partial charge on any atom is -0.0692 e. The van der Waals surface area contributed by atoms with E-state index in [-0.39, 0.29) is 0 Å². The molecule has 0 nitrogen and oxygen atoms in total. The first-order valence-corrected chi connectivity index (χ1v) is 10.9. The monoisotopic (exact) mass is 262 g/mol. The van der Waals surface area contributed by atoms with Crippen LogP contribution in [0.15, 0.2) is 30.3 Å². The summed E-state index contributed by atoms with van der Waals surface area (Å²) < 4.78 is 0. The summed E-state index contributed by atoms with van der Waals surface area (Å²) in [6.45, 7) is 9.93. The van der Waals surface area contributed by atoms with Crippen molar-refractivity contribution in [1.82, 2.24) is 0 Å². The second kappa shape index (κ2) is 7.78. The molecule has 0 fully saturated rings. The quantitative estimate of drug-likeness (QED) is 0.404. The molecule has 102 valence electrons. The van der Waals surface area contributed by atoms with E-state index in [4.69, 9.17) is 0 Å². The molecule has 1 aromatic rings. The van der Waals surface area contributed by atoms with Gasteiger partial charge in [-0.05, 0) is 23.9 Å². The molecule has 0 bridgehead atoms. The predicted molar refractivity (Wildman–Crippen MR) is 86.0 cm³/mol. The Kier molecular flexibility index (Phi) is 6.70. The van der Waals surface area contributed by atoms with Gasteiger partial charge >= 0.3 is 0 Å². The molecule has 0 spiro atoms. The lowest BCUT2D eigenvalue weighted by atomic mass is 10.1. The lowest BCUT2D eigenvalue weighted by molar-refractivity contribution is 0.702. The van der Waals surface area contributed by atoms with Crippen LogP contribution in [0.3, 0.4) is 0 Å². The number of unbranched alkanes of at least 4 members (excludes halogenated alkanes) is 2. The van der Waals surface area contributed by atoms with Crippen molar-refractivity contribution in [2.24, 2.45) is 0 Å². The Bertz CT molecular complexity index is 316. The van der Waals surface area contributed by atoms with Crippen molar-refractivity contribution >= 4 is 8.07 Å². The molecule has 0 saturated carbocycles. The second-order valence-corrected chi connectivity index (χ2v) is 11.8. The summed E-state index contributed by atoms with van der Waals surface area (Å²) in [4.78, 5) is 0. The molecule has 0 aliphatic carbocycles. The maximum absolute atomic E-state index is 2.57. The SMILES string of the molecule is CCC(C)[Si](C)(C)CCCCCc1ccccc1. The summed E-state index contributed by atoms with van der Waals surface area (Å²) in [6.07, 6.45) is 6.82. The summed E-state index contributed by atoms with van der Waals surface area (Å²) in [6, 6.07) is 12.4. The average Bonchev–Trinajstić information content (AvgIpc) is 2.38. The van der Waals surface area contributed by atoms with E-state index in [0.29, 0.717) is 0 Å². The molecule has 0 radical (unpaired) electrons. The van der Waals surface area contributed by atoms with Gasteiger partial charge in [-0.1, -0.05) is 82.6 Å². The van der Waals surface area contributed by atoms with Crippen molar-refractivity contribution in [1.29, 1.82) is 0 Å². The Morgan fingerprint density at radius 1 is 1.00 bits per heavy atom. The lowest BCUT2D eigenvalue weighted by Gasteiger charge is -2.29. The number of rotatable bonds is 8. The Labute approximate surface area is 115 Å². The van der Waals surface area contributed by atoms with Crippen LogP contribution < -0.4 is 0 Å². The predicted octanol–water partition coefficient (Wildman–Crippen LogP) is 5.91. The first-order valence-electron chi connectivity index (χ1n) is 7.60. The zero-order valence-electron chi connectivity index (χ0n) is 12.7. The number of aryl methyl sites for hydroxylation is 1. The minimum atomic E-state index is -0.936. The van der Waals surface area contributed by atoms with Crippen LogP contribution in [0.25, 0.3) is 0 Å². The number of benzene rings is 1. The van der Waals surface area contributed by atoms with Crippen molar-refractivity contribution in [3.05, 3.63) is 35.9 Å². The molecule has 1 aromatic carbocycles. The normalized spacial score (nSPS) is 13.6. The highest BCUT2D eigenvalue weighted by Crippen LogP contribution is 2.30. The summed E-state index contributed by atoms with van der Waals surface area (Å²) in [5.41, 5.74) is 2.47. The highest BCUT2D eigenvalue weighted by atomic mass is 28.3. The molecule has 0 N–H and O–H groups in total. The van der Waals surface area contributed by atoms with Gasteiger partial charge in [0.05, 0.1) is 8.07 Å². The van der Waals surface area contributed by atoms with Crippen LogP contribution >= 0.6 is 0 Å². The van der Waals surface area contributed by atoms with Gasteiger partial charge in [-0.3, -0.25) is 0 Å². The van der Waals surface area contributed by atoms with Crippen LogP contribution in [-0.4, -0.2) is 8.07 Å². The molecule has 0 amide bonds. The molecule has 1 unspecified atom stereocenters. The van der Waals surface area contributed by atoms with Gasteiger partial charge < -0.3 is 0 Å². The van der Waals surface area contributed by atoms with Crippen LogP contribution in [0.5, 0.6) is 0 Å².